The van der Waals surface area contributed by atoms with Gasteiger partial charge in [-0.25, -0.2) is 4.79 Å². The maximum atomic E-state index is 12.5. The molecule has 1 aliphatic rings. The van der Waals surface area contributed by atoms with Gasteiger partial charge in [0, 0.05) is 29.7 Å². The lowest BCUT2D eigenvalue weighted by Gasteiger charge is -2.17. The largest absolute Gasteiger partial charge is 0.339 e. The zero-order chi connectivity index (χ0) is 19.9. The Morgan fingerprint density at radius 3 is 2.59 bits per heavy atom. The van der Waals surface area contributed by atoms with Crippen LogP contribution in [0, 0.1) is 0 Å². The van der Waals surface area contributed by atoms with Gasteiger partial charge in [0.2, 0.25) is 11.7 Å². The number of aromatic nitrogens is 3. The molecule has 29 heavy (non-hydrogen) atoms. The Morgan fingerprint density at radius 2 is 1.79 bits per heavy atom. The molecule has 0 unspecified atom stereocenters. The van der Waals surface area contributed by atoms with E-state index in [0.717, 1.165) is 29.7 Å². The summed E-state index contributed by atoms with van der Waals surface area (Å²) in [7, 11) is 0. The number of nitrogens with zero attached hydrogens (tertiary/aromatic N) is 3. The third kappa shape index (κ3) is 5.19. The molecule has 150 valence electrons. The van der Waals surface area contributed by atoms with Crippen LogP contribution in [0.15, 0.2) is 53.3 Å². The van der Waals surface area contributed by atoms with Crippen LogP contribution in [0.4, 0.5) is 10.5 Å². The SMILES string of the molecule is O=C(Nc1ccccc1Cc1nc(-c2ccncc2)no1)NC1CCCCCC1. The molecule has 7 heteroatoms. The van der Waals surface area contributed by atoms with Gasteiger partial charge in [0.05, 0.1) is 6.42 Å². The predicted molar refractivity (Wildman–Crippen MR) is 110 cm³/mol. The molecule has 2 aromatic heterocycles. The number of amides is 2. The zero-order valence-electron chi connectivity index (χ0n) is 16.3. The summed E-state index contributed by atoms with van der Waals surface area (Å²) in [6.07, 6.45) is 10.8. The van der Waals surface area contributed by atoms with Crippen LogP contribution < -0.4 is 10.6 Å². The topological polar surface area (TPSA) is 92.9 Å². The molecule has 1 fully saturated rings. The van der Waals surface area contributed by atoms with Crippen LogP contribution in [-0.2, 0) is 6.42 Å². The van der Waals surface area contributed by atoms with Crippen LogP contribution in [0.1, 0.15) is 50.0 Å². The summed E-state index contributed by atoms with van der Waals surface area (Å²) in [5, 5.41) is 10.2. The van der Waals surface area contributed by atoms with Crippen LogP contribution in [0.3, 0.4) is 0 Å². The van der Waals surface area contributed by atoms with Crippen LogP contribution in [0.2, 0.25) is 0 Å². The number of rotatable bonds is 5. The third-order valence-corrected chi connectivity index (χ3v) is 5.20. The Hall–Kier alpha value is -3.22. The number of hydrogen-bond donors (Lipinski definition) is 2. The second-order valence-electron chi connectivity index (χ2n) is 7.37. The minimum Gasteiger partial charge on any atom is -0.339 e. The van der Waals surface area contributed by atoms with E-state index in [0.29, 0.717) is 18.1 Å². The summed E-state index contributed by atoms with van der Waals surface area (Å²) < 4.78 is 5.41. The van der Waals surface area contributed by atoms with Crippen LogP contribution in [-0.4, -0.2) is 27.2 Å². The molecule has 1 aromatic carbocycles. The van der Waals surface area contributed by atoms with Gasteiger partial charge in [0.1, 0.15) is 0 Å². The van der Waals surface area contributed by atoms with E-state index in [1.807, 2.05) is 36.4 Å². The highest BCUT2D eigenvalue weighted by molar-refractivity contribution is 5.90. The fraction of sp³-hybridized carbons (Fsp3) is 0.364. The van der Waals surface area contributed by atoms with E-state index < -0.39 is 0 Å². The average molecular weight is 391 g/mol. The predicted octanol–water partition coefficient (Wildman–Crippen LogP) is 4.57. The Bertz CT molecular complexity index is 933. The number of carbonyl (C=O) groups excluding carboxylic acids is 1. The minimum atomic E-state index is -0.160. The van der Waals surface area contributed by atoms with Crippen molar-refractivity contribution in [2.75, 3.05) is 5.32 Å². The number of anilines is 1. The highest BCUT2D eigenvalue weighted by atomic mass is 16.5. The lowest BCUT2D eigenvalue weighted by Crippen LogP contribution is -2.37. The number of hydrogen-bond acceptors (Lipinski definition) is 5. The molecule has 1 saturated carbocycles. The number of para-hydroxylation sites is 1. The smallest absolute Gasteiger partial charge is 0.319 e. The van der Waals surface area contributed by atoms with E-state index in [2.05, 4.69) is 25.8 Å². The highest BCUT2D eigenvalue weighted by Gasteiger charge is 2.16. The minimum absolute atomic E-state index is 0.160. The molecule has 0 atom stereocenters. The van der Waals surface area contributed by atoms with Crippen molar-refractivity contribution in [1.29, 1.82) is 0 Å². The Morgan fingerprint density at radius 1 is 1.03 bits per heavy atom. The molecule has 0 aliphatic heterocycles. The first kappa shape index (κ1) is 19.1. The normalized spacial score (nSPS) is 14.9. The van der Waals surface area contributed by atoms with Crippen molar-refractivity contribution in [1.82, 2.24) is 20.4 Å². The van der Waals surface area contributed by atoms with Crippen LogP contribution in [0.25, 0.3) is 11.4 Å². The van der Waals surface area contributed by atoms with Gasteiger partial charge in [-0.15, -0.1) is 0 Å². The fourth-order valence-corrected chi connectivity index (χ4v) is 3.67. The fourth-order valence-electron chi connectivity index (χ4n) is 3.67. The van der Waals surface area contributed by atoms with Crippen molar-refractivity contribution < 1.29 is 9.32 Å². The quantitative estimate of drug-likeness (QED) is 0.622. The van der Waals surface area contributed by atoms with Gasteiger partial charge in [0.25, 0.3) is 0 Å². The van der Waals surface area contributed by atoms with Gasteiger partial charge in [0.15, 0.2) is 0 Å². The van der Waals surface area contributed by atoms with E-state index in [-0.39, 0.29) is 12.1 Å². The first-order valence-corrected chi connectivity index (χ1v) is 10.2. The van der Waals surface area contributed by atoms with Gasteiger partial charge in [-0.05, 0) is 36.6 Å². The van der Waals surface area contributed by atoms with Crippen molar-refractivity contribution in [2.24, 2.45) is 0 Å². The highest BCUT2D eigenvalue weighted by Crippen LogP contribution is 2.21. The van der Waals surface area contributed by atoms with Crippen LogP contribution >= 0.6 is 0 Å². The van der Waals surface area contributed by atoms with E-state index in [1.54, 1.807) is 12.4 Å². The second kappa shape index (κ2) is 9.32. The van der Waals surface area contributed by atoms with E-state index in [1.165, 1.54) is 25.7 Å². The summed E-state index contributed by atoms with van der Waals surface area (Å²) in [4.78, 5) is 21.0. The monoisotopic (exact) mass is 391 g/mol. The molecule has 4 rings (SSSR count). The molecular weight excluding hydrogens is 366 g/mol. The average Bonchev–Trinajstić information content (AvgIpc) is 3.06. The van der Waals surface area contributed by atoms with E-state index >= 15 is 0 Å². The van der Waals surface area contributed by atoms with Crippen molar-refractivity contribution in [3.05, 3.63) is 60.2 Å². The molecule has 2 heterocycles. The molecular formula is C22H25N5O2. The molecule has 0 bridgehead atoms. The maximum Gasteiger partial charge on any atom is 0.319 e. The van der Waals surface area contributed by atoms with E-state index in [9.17, 15) is 4.79 Å². The standard InChI is InChI=1S/C22H25N5O2/c28-22(24-18-8-3-1-2-4-9-18)25-19-10-6-5-7-17(19)15-20-26-21(27-29-20)16-11-13-23-14-12-16/h5-7,10-14,18H,1-4,8-9,15H2,(H2,24,25,28). The summed E-state index contributed by atoms with van der Waals surface area (Å²) in [5.41, 5.74) is 2.53. The van der Waals surface area contributed by atoms with Gasteiger partial charge >= 0.3 is 6.03 Å². The summed E-state index contributed by atoms with van der Waals surface area (Å²) >= 11 is 0. The zero-order valence-corrected chi connectivity index (χ0v) is 16.3. The summed E-state index contributed by atoms with van der Waals surface area (Å²) in [6, 6.07) is 11.4. The number of urea groups is 1. The number of benzene rings is 1. The third-order valence-electron chi connectivity index (χ3n) is 5.20. The first-order chi connectivity index (χ1) is 14.3. The first-order valence-electron chi connectivity index (χ1n) is 10.2. The molecule has 2 amide bonds. The summed E-state index contributed by atoms with van der Waals surface area (Å²) in [5.74, 6) is 1.02. The van der Waals surface area contributed by atoms with Crippen molar-refractivity contribution in [2.45, 2.75) is 51.0 Å². The molecule has 3 aromatic rings. The van der Waals surface area contributed by atoms with E-state index in [4.69, 9.17) is 4.52 Å². The number of pyridine rings is 1. The van der Waals surface area contributed by atoms with Gasteiger partial charge in [-0.2, -0.15) is 4.98 Å². The molecule has 2 N–H and O–H groups in total. The van der Waals surface area contributed by atoms with Gasteiger partial charge in [-0.3, -0.25) is 4.98 Å². The van der Waals surface area contributed by atoms with Crippen molar-refractivity contribution >= 4 is 11.7 Å². The Balaban J connectivity index is 1.42. The Labute approximate surface area is 169 Å². The van der Waals surface area contributed by atoms with Gasteiger partial charge < -0.3 is 15.2 Å². The molecule has 0 saturated heterocycles. The lowest BCUT2D eigenvalue weighted by atomic mass is 10.1. The summed E-state index contributed by atoms with van der Waals surface area (Å²) in [6.45, 7) is 0. The Kier molecular flexibility index (Phi) is 6.14. The second-order valence-corrected chi connectivity index (χ2v) is 7.37. The maximum absolute atomic E-state index is 12.5. The van der Waals surface area contributed by atoms with Crippen molar-refractivity contribution in [3.63, 3.8) is 0 Å². The lowest BCUT2D eigenvalue weighted by molar-refractivity contribution is 0.247. The van der Waals surface area contributed by atoms with Gasteiger partial charge in [-0.1, -0.05) is 49.0 Å². The molecule has 1 aliphatic carbocycles. The number of carbonyl (C=O) groups is 1. The molecule has 0 radical (unpaired) electrons. The number of nitrogens with one attached hydrogen (secondary N) is 2. The van der Waals surface area contributed by atoms with Crippen LogP contribution in [0.5, 0.6) is 0 Å². The van der Waals surface area contributed by atoms with Crippen molar-refractivity contribution in [3.8, 4) is 11.4 Å². The molecule has 7 nitrogen and oxygen atoms in total. The molecule has 0 spiro atoms.